The monoisotopic (exact) mass is 390 g/mol. The molecule has 1 unspecified atom stereocenters. The molecule has 1 aromatic carbocycles. The molecule has 1 aromatic rings. The van der Waals surface area contributed by atoms with Gasteiger partial charge in [0, 0.05) is 38.3 Å². The summed E-state index contributed by atoms with van der Waals surface area (Å²) in [5.41, 5.74) is 2.31. The van der Waals surface area contributed by atoms with Gasteiger partial charge in [-0.25, -0.2) is 0 Å². The molecule has 28 heavy (non-hydrogen) atoms. The van der Waals surface area contributed by atoms with E-state index in [1.54, 1.807) is 0 Å². The highest BCUT2D eigenvalue weighted by Gasteiger charge is 2.20. The fourth-order valence-electron chi connectivity index (χ4n) is 3.55. The third kappa shape index (κ3) is 7.32. The Hall–Kier alpha value is -1.79. The molecule has 2 N–H and O–H groups in total. The molecular formula is C22H38N4O2. The van der Waals surface area contributed by atoms with Crippen LogP contribution in [0.4, 0.5) is 0 Å². The number of nitrogens with one attached hydrogen (secondary N) is 2. The highest BCUT2D eigenvalue weighted by molar-refractivity contribution is 5.79. The second kappa shape index (κ2) is 12.6. The molecule has 0 spiro atoms. The zero-order valence-electron chi connectivity index (χ0n) is 18.1. The Labute approximate surface area is 170 Å². The van der Waals surface area contributed by atoms with Crippen LogP contribution in [-0.4, -0.2) is 63.4 Å². The summed E-state index contributed by atoms with van der Waals surface area (Å²) >= 11 is 0. The van der Waals surface area contributed by atoms with Crippen LogP contribution in [0.2, 0.25) is 0 Å². The Balaban J connectivity index is 1.86. The quantitative estimate of drug-likeness (QED) is 0.346. The van der Waals surface area contributed by atoms with Crippen LogP contribution in [0.25, 0.3) is 0 Å². The molecule has 2 rings (SSSR count). The van der Waals surface area contributed by atoms with Crippen LogP contribution in [0.1, 0.15) is 44.2 Å². The maximum Gasteiger partial charge on any atom is 0.191 e. The van der Waals surface area contributed by atoms with Gasteiger partial charge >= 0.3 is 0 Å². The fraction of sp³-hybridized carbons (Fsp3) is 0.682. The van der Waals surface area contributed by atoms with Gasteiger partial charge in [-0.15, -0.1) is 0 Å². The number of aryl methyl sites for hydroxylation is 1. The van der Waals surface area contributed by atoms with Crippen molar-refractivity contribution in [2.24, 2.45) is 4.99 Å². The standard InChI is InChI=1S/C22H38N4O2/c1-5-20(26-11-7-8-12-26)17-25-22(23-4)24-16-19-10-9-18(3)15-21(19)28-14-13-27-6-2/h9-10,15,20H,5-8,11-14,16-17H2,1-4H3,(H2,23,24,25). The molecule has 1 aliphatic heterocycles. The van der Waals surface area contributed by atoms with Crippen LogP contribution in [0.15, 0.2) is 23.2 Å². The van der Waals surface area contributed by atoms with Crippen molar-refractivity contribution >= 4 is 5.96 Å². The van der Waals surface area contributed by atoms with E-state index in [0.717, 1.165) is 30.2 Å². The Morgan fingerprint density at radius 2 is 1.96 bits per heavy atom. The van der Waals surface area contributed by atoms with Gasteiger partial charge in [-0.2, -0.15) is 0 Å². The number of guanidine groups is 1. The van der Waals surface area contributed by atoms with Crippen molar-refractivity contribution in [3.8, 4) is 5.75 Å². The molecule has 1 atom stereocenters. The summed E-state index contributed by atoms with van der Waals surface area (Å²) in [6.45, 7) is 12.2. The molecule has 158 valence electrons. The normalized spacial score (nSPS) is 16.2. The van der Waals surface area contributed by atoms with E-state index in [1.807, 2.05) is 14.0 Å². The molecule has 0 saturated carbocycles. The SMILES string of the molecule is CCOCCOc1cc(C)ccc1CNC(=NC)NCC(CC)N1CCCC1. The van der Waals surface area contributed by atoms with E-state index in [4.69, 9.17) is 9.47 Å². The smallest absolute Gasteiger partial charge is 0.191 e. The average molecular weight is 391 g/mol. The summed E-state index contributed by atoms with van der Waals surface area (Å²) in [5, 5.41) is 6.92. The molecule has 1 aliphatic rings. The van der Waals surface area contributed by atoms with Gasteiger partial charge in [0.15, 0.2) is 5.96 Å². The summed E-state index contributed by atoms with van der Waals surface area (Å²) in [5.74, 6) is 1.74. The number of aliphatic imine (C=N–C) groups is 1. The number of hydrogen-bond acceptors (Lipinski definition) is 4. The molecule has 0 amide bonds. The zero-order chi connectivity index (χ0) is 20.2. The first-order chi connectivity index (χ1) is 13.7. The maximum absolute atomic E-state index is 5.94. The predicted molar refractivity (Wildman–Crippen MR) is 116 cm³/mol. The fourth-order valence-corrected chi connectivity index (χ4v) is 3.55. The van der Waals surface area contributed by atoms with E-state index in [-0.39, 0.29) is 0 Å². The van der Waals surface area contributed by atoms with Crippen LogP contribution in [0.5, 0.6) is 5.75 Å². The first-order valence-corrected chi connectivity index (χ1v) is 10.7. The Morgan fingerprint density at radius 3 is 2.64 bits per heavy atom. The molecular weight excluding hydrogens is 352 g/mol. The largest absolute Gasteiger partial charge is 0.491 e. The lowest BCUT2D eigenvalue weighted by molar-refractivity contribution is 0.110. The third-order valence-corrected chi connectivity index (χ3v) is 5.22. The molecule has 0 radical (unpaired) electrons. The highest BCUT2D eigenvalue weighted by atomic mass is 16.5. The minimum Gasteiger partial charge on any atom is -0.491 e. The van der Waals surface area contributed by atoms with Crippen molar-refractivity contribution in [2.45, 2.75) is 52.6 Å². The van der Waals surface area contributed by atoms with Gasteiger partial charge < -0.3 is 20.1 Å². The van der Waals surface area contributed by atoms with Gasteiger partial charge in [-0.05, 0) is 57.8 Å². The van der Waals surface area contributed by atoms with E-state index in [2.05, 4.69) is 52.6 Å². The summed E-state index contributed by atoms with van der Waals surface area (Å²) in [6.07, 6.45) is 3.80. The zero-order valence-corrected chi connectivity index (χ0v) is 18.1. The summed E-state index contributed by atoms with van der Waals surface area (Å²) in [6, 6.07) is 6.88. The van der Waals surface area contributed by atoms with E-state index in [9.17, 15) is 0 Å². The van der Waals surface area contributed by atoms with Gasteiger partial charge in [0.2, 0.25) is 0 Å². The lowest BCUT2D eigenvalue weighted by atomic mass is 10.1. The number of hydrogen-bond donors (Lipinski definition) is 2. The average Bonchev–Trinajstić information content (AvgIpc) is 3.24. The summed E-state index contributed by atoms with van der Waals surface area (Å²) < 4.78 is 11.3. The van der Waals surface area contributed by atoms with Crippen molar-refractivity contribution in [1.82, 2.24) is 15.5 Å². The van der Waals surface area contributed by atoms with E-state index < -0.39 is 0 Å². The van der Waals surface area contributed by atoms with Crippen LogP contribution < -0.4 is 15.4 Å². The van der Waals surface area contributed by atoms with Crippen molar-refractivity contribution in [1.29, 1.82) is 0 Å². The van der Waals surface area contributed by atoms with Crippen LogP contribution in [-0.2, 0) is 11.3 Å². The highest BCUT2D eigenvalue weighted by Crippen LogP contribution is 2.20. The predicted octanol–water partition coefficient (Wildman–Crippen LogP) is 2.95. The van der Waals surface area contributed by atoms with Crippen LogP contribution in [0, 0.1) is 6.92 Å². The molecule has 1 saturated heterocycles. The summed E-state index contributed by atoms with van der Waals surface area (Å²) in [4.78, 5) is 6.97. The molecule has 6 nitrogen and oxygen atoms in total. The van der Waals surface area contributed by atoms with E-state index >= 15 is 0 Å². The maximum atomic E-state index is 5.94. The van der Waals surface area contributed by atoms with E-state index in [1.165, 1.54) is 31.5 Å². The van der Waals surface area contributed by atoms with Gasteiger partial charge in [0.25, 0.3) is 0 Å². The summed E-state index contributed by atoms with van der Waals surface area (Å²) in [7, 11) is 1.82. The second-order valence-electron chi connectivity index (χ2n) is 7.27. The van der Waals surface area contributed by atoms with Gasteiger partial charge in [0.05, 0.1) is 6.61 Å². The molecule has 1 fully saturated rings. The number of likely N-dealkylation sites (tertiary alicyclic amines) is 1. The minimum atomic E-state index is 0.561. The second-order valence-corrected chi connectivity index (χ2v) is 7.27. The van der Waals surface area contributed by atoms with Crippen molar-refractivity contribution in [3.63, 3.8) is 0 Å². The Kier molecular flexibility index (Phi) is 10.1. The first-order valence-electron chi connectivity index (χ1n) is 10.7. The Bertz CT molecular complexity index is 600. The molecule has 0 bridgehead atoms. The molecule has 0 aliphatic carbocycles. The van der Waals surface area contributed by atoms with Gasteiger partial charge in [0.1, 0.15) is 12.4 Å². The van der Waals surface area contributed by atoms with Gasteiger partial charge in [-0.3, -0.25) is 9.89 Å². The third-order valence-electron chi connectivity index (χ3n) is 5.22. The molecule has 1 heterocycles. The number of rotatable bonds is 11. The van der Waals surface area contributed by atoms with Crippen molar-refractivity contribution < 1.29 is 9.47 Å². The van der Waals surface area contributed by atoms with Gasteiger partial charge in [-0.1, -0.05) is 19.1 Å². The van der Waals surface area contributed by atoms with Crippen molar-refractivity contribution in [2.75, 3.05) is 46.5 Å². The topological polar surface area (TPSA) is 58.1 Å². The Morgan fingerprint density at radius 1 is 1.18 bits per heavy atom. The number of nitrogens with zero attached hydrogens (tertiary/aromatic N) is 2. The van der Waals surface area contributed by atoms with E-state index in [0.29, 0.717) is 32.4 Å². The lowest BCUT2D eigenvalue weighted by Crippen LogP contribution is -2.46. The van der Waals surface area contributed by atoms with Crippen LogP contribution in [0.3, 0.4) is 0 Å². The molecule has 6 heteroatoms. The minimum absolute atomic E-state index is 0.561. The lowest BCUT2D eigenvalue weighted by Gasteiger charge is -2.27. The van der Waals surface area contributed by atoms with Crippen LogP contribution >= 0.6 is 0 Å². The first kappa shape index (κ1) is 22.5. The molecule has 0 aromatic heterocycles. The van der Waals surface area contributed by atoms with Crippen molar-refractivity contribution in [3.05, 3.63) is 29.3 Å². The number of ether oxygens (including phenoxy) is 2. The number of benzene rings is 1.